The van der Waals surface area contributed by atoms with Gasteiger partial charge >= 0.3 is 5.97 Å². The first-order chi connectivity index (χ1) is 14.4. The Morgan fingerprint density at radius 3 is 2.20 bits per heavy atom. The second-order valence-electron chi connectivity index (χ2n) is 9.03. The number of hydrogen-bond donors (Lipinski definition) is 1. The molecule has 1 amide bonds. The van der Waals surface area contributed by atoms with Gasteiger partial charge in [-0.05, 0) is 74.5 Å². The van der Waals surface area contributed by atoms with E-state index in [2.05, 4.69) is 5.32 Å². The molecule has 0 radical (unpaired) electrons. The van der Waals surface area contributed by atoms with Gasteiger partial charge in [0, 0.05) is 5.41 Å². The van der Waals surface area contributed by atoms with Gasteiger partial charge in [0.1, 0.15) is 18.0 Å². The van der Waals surface area contributed by atoms with Crippen molar-refractivity contribution in [3.8, 4) is 11.5 Å². The lowest BCUT2D eigenvalue weighted by Gasteiger charge is -2.55. The van der Waals surface area contributed by atoms with Gasteiger partial charge in [-0.1, -0.05) is 0 Å². The summed E-state index contributed by atoms with van der Waals surface area (Å²) < 4.78 is 15.4. The largest absolute Gasteiger partial charge is 0.497 e. The van der Waals surface area contributed by atoms with Gasteiger partial charge in [-0.2, -0.15) is 0 Å². The molecule has 4 fully saturated rings. The molecule has 0 saturated heterocycles. The summed E-state index contributed by atoms with van der Waals surface area (Å²) in [6.07, 6.45) is 6.58. The molecule has 0 aliphatic heterocycles. The van der Waals surface area contributed by atoms with E-state index in [1.807, 2.05) is 0 Å². The number of amides is 1. The Morgan fingerprint density at radius 1 is 1.00 bits per heavy atom. The third-order valence-electron chi connectivity index (χ3n) is 6.98. The Labute approximate surface area is 176 Å². The number of nitrogens with one attached hydrogen (secondary N) is 1. The lowest BCUT2D eigenvalue weighted by Crippen LogP contribution is -2.54. The van der Waals surface area contributed by atoms with E-state index in [-0.39, 0.29) is 23.4 Å². The van der Waals surface area contributed by atoms with Crippen molar-refractivity contribution in [2.75, 3.05) is 27.4 Å². The first kappa shape index (κ1) is 20.7. The fourth-order valence-corrected chi connectivity index (χ4v) is 6.04. The molecule has 4 saturated carbocycles. The average molecular weight is 415 g/mol. The van der Waals surface area contributed by atoms with E-state index in [1.165, 1.54) is 33.5 Å². The van der Waals surface area contributed by atoms with Gasteiger partial charge in [0.05, 0.1) is 19.8 Å². The van der Waals surface area contributed by atoms with E-state index in [0.29, 0.717) is 29.3 Å². The van der Waals surface area contributed by atoms with Gasteiger partial charge in [-0.3, -0.25) is 14.4 Å². The van der Waals surface area contributed by atoms with E-state index in [4.69, 9.17) is 14.2 Å². The summed E-state index contributed by atoms with van der Waals surface area (Å²) in [6, 6.07) is 4.85. The number of esters is 1. The van der Waals surface area contributed by atoms with Crippen LogP contribution in [0.3, 0.4) is 0 Å². The summed E-state index contributed by atoms with van der Waals surface area (Å²) in [5.74, 6) is 1.81. The smallest absolute Gasteiger partial charge is 0.325 e. The summed E-state index contributed by atoms with van der Waals surface area (Å²) in [4.78, 5) is 37.5. The second kappa shape index (κ2) is 8.28. The fraction of sp³-hybridized carbons (Fsp3) is 0.609. The van der Waals surface area contributed by atoms with E-state index in [9.17, 15) is 14.4 Å². The maximum atomic E-state index is 12.9. The molecule has 4 bridgehead atoms. The van der Waals surface area contributed by atoms with Crippen LogP contribution in [0.2, 0.25) is 0 Å². The quantitative estimate of drug-likeness (QED) is 0.519. The van der Waals surface area contributed by atoms with Crippen LogP contribution in [0.1, 0.15) is 48.9 Å². The number of methoxy groups -OCH3 is 2. The molecule has 7 heteroatoms. The molecular formula is C23H29NO6. The Balaban J connectivity index is 1.28. The number of benzene rings is 1. The molecule has 0 spiro atoms. The molecular weight excluding hydrogens is 386 g/mol. The SMILES string of the molecule is COc1ccc(OC)c(C(=O)COC(=O)CNC(=O)C23CC4CC(CC(C4)C2)C3)c1. The number of carbonyl (C=O) groups is 3. The highest BCUT2D eigenvalue weighted by Crippen LogP contribution is 2.60. The summed E-state index contributed by atoms with van der Waals surface area (Å²) in [6.45, 7) is -0.640. The third-order valence-corrected chi connectivity index (χ3v) is 6.98. The second-order valence-corrected chi connectivity index (χ2v) is 9.03. The van der Waals surface area contributed by atoms with Crippen LogP contribution in [0.25, 0.3) is 0 Å². The first-order valence-corrected chi connectivity index (χ1v) is 10.6. The van der Waals surface area contributed by atoms with E-state index in [1.54, 1.807) is 18.2 Å². The normalized spacial score (nSPS) is 28.7. The van der Waals surface area contributed by atoms with Gasteiger partial charge in [-0.15, -0.1) is 0 Å². The third kappa shape index (κ3) is 4.02. The minimum Gasteiger partial charge on any atom is -0.497 e. The zero-order valence-electron chi connectivity index (χ0n) is 17.6. The van der Waals surface area contributed by atoms with Crippen LogP contribution < -0.4 is 14.8 Å². The summed E-state index contributed by atoms with van der Waals surface area (Å²) >= 11 is 0. The molecule has 5 rings (SSSR count). The number of carbonyl (C=O) groups excluding carboxylic acids is 3. The molecule has 7 nitrogen and oxygen atoms in total. The number of rotatable bonds is 8. The van der Waals surface area contributed by atoms with Crippen molar-refractivity contribution >= 4 is 17.7 Å². The summed E-state index contributed by atoms with van der Waals surface area (Å²) in [5.41, 5.74) is -0.0269. The lowest BCUT2D eigenvalue weighted by molar-refractivity contribution is -0.150. The van der Waals surface area contributed by atoms with Crippen LogP contribution in [0, 0.1) is 23.2 Å². The van der Waals surface area contributed by atoms with Gasteiger partial charge < -0.3 is 19.5 Å². The average Bonchev–Trinajstić information content (AvgIpc) is 2.74. The standard InChI is InChI=1S/C23H29NO6/c1-28-17-3-4-20(29-2)18(8-17)19(25)13-30-21(26)12-24-22(27)23-9-14-5-15(10-23)7-16(6-14)11-23/h3-4,8,14-16H,5-7,9-13H2,1-2H3,(H,24,27). The number of Topliss-reactive ketones (excluding diaryl/α,β-unsaturated/α-hetero) is 1. The highest BCUT2D eigenvalue weighted by molar-refractivity contribution is 6.01. The highest BCUT2D eigenvalue weighted by atomic mass is 16.5. The highest BCUT2D eigenvalue weighted by Gasteiger charge is 2.54. The van der Waals surface area contributed by atoms with Crippen molar-refractivity contribution < 1.29 is 28.6 Å². The van der Waals surface area contributed by atoms with Crippen LogP contribution in [0.15, 0.2) is 18.2 Å². The molecule has 0 unspecified atom stereocenters. The van der Waals surface area contributed by atoms with Crippen molar-refractivity contribution in [1.29, 1.82) is 0 Å². The van der Waals surface area contributed by atoms with Crippen molar-refractivity contribution in [3.63, 3.8) is 0 Å². The molecule has 1 aromatic rings. The zero-order valence-corrected chi connectivity index (χ0v) is 17.6. The van der Waals surface area contributed by atoms with Crippen LogP contribution in [-0.2, 0) is 14.3 Å². The van der Waals surface area contributed by atoms with Crippen LogP contribution in [0.5, 0.6) is 11.5 Å². The Kier molecular flexibility index (Phi) is 5.71. The molecule has 1 N–H and O–H groups in total. The molecule has 0 atom stereocenters. The van der Waals surface area contributed by atoms with E-state index >= 15 is 0 Å². The molecule has 162 valence electrons. The summed E-state index contributed by atoms with van der Waals surface area (Å²) in [5, 5.41) is 2.77. The molecule has 1 aromatic carbocycles. The predicted molar refractivity (Wildman–Crippen MR) is 108 cm³/mol. The van der Waals surface area contributed by atoms with Crippen molar-refractivity contribution in [2.24, 2.45) is 23.2 Å². The maximum Gasteiger partial charge on any atom is 0.325 e. The zero-order chi connectivity index (χ0) is 21.3. The van der Waals surface area contributed by atoms with Gasteiger partial charge in [0.15, 0.2) is 6.61 Å². The maximum absolute atomic E-state index is 12.9. The van der Waals surface area contributed by atoms with Gasteiger partial charge in [-0.25, -0.2) is 0 Å². The Morgan fingerprint density at radius 2 is 1.63 bits per heavy atom. The van der Waals surface area contributed by atoms with Crippen molar-refractivity contribution in [3.05, 3.63) is 23.8 Å². The first-order valence-electron chi connectivity index (χ1n) is 10.6. The van der Waals surface area contributed by atoms with Crippen LogP contribution in [-0.4, -0.2) is 45.0 Å². The van der Waals surface area contributed by atoms with Crippen LogP contribution >= 0.6 is 0 Å². The lowest BCUT2D eigenvalue weighted by atomic mass is 9.49. The number of ketones is 1. The molecule has 4 aliphatic rings. The molecule has 0 heterocycles. The Bertz CT molecular complexity index is 813. The molecule has 0 aromatic heterocycles. The fourth-order valence-electron chi connectivity index (χ4n) is 6.04. The number of hydrogen-bond acceptors (Lipinski definition) is 6. The van der Waals surface area contributed by atoms with Crippen LogP contribution in [0.4, 0.5) is 0 Å². The topological polar surface area (TPSA) is 90.9 Å². The Hall–Kier alpha value is -2.57. The van der Waals surface area contributed by atoms with Crippen molar-refractivity contribution in [2.45, 2.75) is 38.5 Å². The van der Waals surface area contributed by atoms with Gasteiger partial charge in [0.25, 0.3) is 0 Å². The molecule has 30 heavy (non-hydrogen) atoms. The van der Waals surface area contributed by atoms with E-state index in [0.717, 1.165) is 19.3 Å². The van der Waals surface area contributed by atoms with Crippen molar-refractivity contribution in [1.82, 2.24) is 5.32 Å². The monoisotopic (exact) mass is 415 g/mol. The predicted octanol–water partition coefficient (Wildman–Crippen LogP) is 2.76. The van der Waals surface area contributed by atoms with Gasteiger partial charge in [0.2, 0.25) is 11.7 Å². The number of ether oxygens (including phenoxy) is 3. The summed E-state index contributed by atoms with van der Waals surface area (Å²) in [7, 11) is 2.97. The minimum atomic E-state index is -0.622. The van der Waals surface area contributed by atoms with E-state index < -0.39 is 18.4 Å². The molecule has 4 aliphatic carbocycles. The minimum absolute atomic E-state index is 0.0284.